The third-order valence-electron chi connectivity index (χ3n) is 4.87. The molecule has 2 aromatic heterocycles. The first kappa shape index (κ1) is 17.6. The number of amides is 1. The number of aromatic nitrogens is 3. The second-order valence-electron chi connectivity index (χ2n) is 7.01. The van der Waals surface area contributed by atoms with Crippen LogP contribution in [-0.4, -0.2) is 46.1 Å². The molecule has 0 radical (unpaired) electrons. The van der Waals surface area contributed by atoms with Crippen LogP contribution in [-0.2, 0) is 11.2 Å². The smallest absolute Gasteiger partial charge is 0.224 e. The molecule has 3 heterocycles. The number of nitrogens with one attached hydrogen (secondary N) is 2. The molecule has 134 valence electrons. The molecule has 6 heteroatoms. The van der Waals surface area contributed by atoms with Crippen molar-refractivity contribution in [2.24, 2.45) is 0 Å². The van der Waals surface area contributed by atoms with Crippen LogP contribution in [0.25, 0.3) is 0 Å². The van der Waals surface area contributed by atoms with Crippen LogP contribution in [0.4, 0.5) is 5.69 Å². The van der Waals surface area contributed by atoms with Gasteiger partial charge in [-0.15, -0.1) is 0 Å². The zero-order chi connectivity index (χ0) is 17.8. The van der Waals surface area contributed by atoms with Crippen molar-refractivity contribution in [2.45, 2.75) is 45.4 Å². The van der Waals surface area contributed by atoms with Gasteiger partial charge in [-0.05, 0) is 58.8 Å². The van der Waals surface area contributed by atoms with Crippen LogP contribution in [0.2, 0.25) is 0 Å². The topological polar surface area (TPSA) is 73.9 Å². The lowest BCUT2D eigenvalue weighted by atomic mass is 9.94. The van der Waals surface area contributed by atoms with Crippen LogP contribution in [0.5, 0.6) is 0 Å². The third kappa shape index (κ3) is 4.45. The number of rotatable bonds is 5. The fourth-order valence-electron chi connectivity index (χ4n) is 3.45. The van der Waals surface area contributed by atoms with Crippen LogP contribution < -0.4 is 5.32 Å². The van der Waals surface area contributed by atoms with Gasteiger partial charge in [0.05, 0.1) is 17.1 Å². The Hall–Kier alpha value is -2.21. The zero-order valence-corrected chi connectivity index (χ0v) is 15.3. The van der Waals surface area contributed by atoms with Crippen molar-refractivity contribution in [3.8, 4) is 0 Å². The van der Waals surface area contributed by atoms with E-state index in [0.717, 1.165) is 35.0 Å². The quantitative estimate of drug-likeness (QED) is 0.877. The predicted octanol–water partition coefficient (Wildman–Crippen LogP) is 2.80. The molecule has 0 spiro atoms. The minimum absolute atomic E-state index is 0.00259. The van der Waals surface area contributed by atoms with Crippen molar-refractivity contribution < 1.29 is 4.79 Å². The number of pyridine rings is 1. The Kier molecular flexibility index (Phi) is 5.48. The van der Waals surface area contributed by atoms with Gasteiger partial charge in [0.2, 0.25) is 5.91 Å². The van der Waals surface area contributed by atoms with Crippen molar-refractivity contribution in [1.29, 1.82) is 0 Å². The molecule has 1 saturated heterocycles. The maximum Gasteiger partial charge on any atom is 0.224 e. The highest BCUT2D eigenvalue weighted by atomic mass is 16.1. The lowest BCUT2D eigenvalue weighted by Gasteiger charge is -2.29. The van der Waals surface area contributed by atoms with E-state index in [4.69, 9.17) is 4.98 Å². The van der Waals surface area contributed by atoms with E-state index in [9.17, 15) is 4.79 Å². The molecule has 2 aromatic rings. The number of hydrogen-bond acceptors (Lipinski definition) is 4. The van der Waals surface area contributed by atoms with Gasteiger partial charge in [0.1, 0.15) is 0 Å². The molecular weight excluding hydrogens is 314 g/mol. The average molecular weight is 341 g/mol. The van der Waals surface area contributed by atoms with Gasteiger partial charge in [0, 0.05) is 30.3 Å². The monoisotopic (exact) mass is 341 g/mol. The summed E-state index contributed by atoms with van der Waals surface area (Å²) in [5.74, 6) is 0.501. The van der Waals surface area contributed by atoms with Gasteiger partial charge in [-0.25, -0.2) is 0 Å². The SMILES string of the molecule is Cc1n[nH]c(C)c1NC(=O)CCc1cccc(C2CCCN(C)C2)n1. The largest absolute Gasteiger partial charge is 0.323 e. The number of aryl methyl sites for hydroxylation is 3. The minimum Gasteiger partial charge on any atom is -0.323 e. The molecule has 6 nitrogen and oxygen atoms in total. The molecular formula is C19H27N5O. The molecule has 0 bridgehead atoms. The summed E-state index contributed by atoms with van der Waals surface area (Å²) >= 11 is 0. The Balaban J connectivity index is 1.58. The average Bonchev–Trinajstić information content (AvgIpc) is 2.92. The predicted molar refractivity (Wildman–Crippen MR) is 98.7 cm³/mol. The second-order valence-corrected chi connectivity index (χ2v) is 7.01. The van der Waals surface area contributed by atoms with E-state index < -0.39 is 0 Å². The number of likely N-dealkylation sites (tertiary alicyclic amines) is 1. The van der Waals surface area contributed by atoms with E-state index in [1.165, 1.54) is 19.4 Å². The Morgan fingerprint density at radius 3 is 2.96 bits per heavy atom. The summed E-state index contributed by atoms with van der Waals surface area (Å²) in [4.78, 5) is 19.4. The van der Waals surface area contributed by atoms with Gasteiger partial charge >= 0.3 is 0 Å². The molecule has 1 unspecified atom stereocenters. The Labute approximate surface area is 149 Å². The highest BCUT2D eigenvalue weighted by Crippen LogP contribution is 2.25. The molecule has 1 fully saturated rings. The van der Waals surface area contributed by atoms with E-state index in [1.54, 1.807) is 0 Å². The summed E-state index contributed by atoms with van der Waals surface area (Å²) in [6, 6.07) is 6.19. The van der Waals surface area contributed by atoms with Crippen LogP contribution >= 0.6 is 0 Å². The van der Waals surface area contributed by atoms with Gasteiger partial charge in [-0.1, -0.05) is 6.07 Å². The number of carbonyl (C=O) groups excluding carboxylic acids is 1. The van der Waals surface area contributed by atoms with Crippen molar-refractivity contribution in [3.63, 3.8) is 0 Å². The molecule has 25 heavy (non-hydrogen) atoms. The molecule has 0 aromatic carbocycles. The fourth-order valence-corrected chi connectivity index (χ4v) is 3.45. The van der Waals surface area contributed by atoms with Crippen LogP contribution in [0, 0.1) is 13.8 Å². The maximum absolute atomic E-state index is 12.2. The van der Waals surface area contributed by atoms with E-state index in [0.29, 0.717) is 18.8 Å². The number of aromatic amines is 1. The van der Waals surface area contributed by atoms with E-state index in [2.05, 4.69) is 39.6 Å². The Bertz CT molecular complexity index is 720. The fraction of sp³-hybridized carbons (Fsp3) is 0.526. The molecule has 0 aliphatic carbocycles. The summed E-state index contributed by atoms with van der Waals surface area (Å²) in [6.07, 6.45) is 3.49. The first-order chi connectivity index (χ1) is 12.0. The van der Waals surface area contributed by atoms with Crippen molar-refractivity contribution in [1.82, 2.24) is 20.1 Å². The number of anilines is 1. The highest BCUT2D eigenvalue weighted by molar-refractivity contribution is 5.91. The van der Waals surface area contributed by atoms with Gasteiger partial charge in [-0.3, -0.25) is 14.9 Å². The summed E-state index contributed by atoms with van der Waals surface area (Å²) < 4.78 is 0. The Morgan fingerprint density at radius 1 is 1.40 bits per heavy atom. The van der Waals surface area contributed by atoms with Crippen molar-refractivity contribution in [2.75, 3.05) is 25.5 Å². The van der Waals surface area contributed by atoms with Gasteiger partial charge < -0.3 is 10.2 Å². The number of nitrogens with zero attached hydrogens (tertiary/aromatic N) is 3. The van der Waals surface area contributed by atoms with Crippen LogP contribution in [0.15, 0.2) is 18.2 Å². The van der Waals surface area contributed by atoms with E-state index >= 15 is 0 Å². The lowest BCUT2D eigenvalue weighted by molar-refractivity contribution is -0.116. The van der Waals surface area contributed by atoms with Gasteiger partial charge in [-0.2, -0.15) is 5.10 Å². The lowest BCUT2D eigenvalue weighted by Crippen LogP contribution is -2.31. The molecule has 1 aliphatic heterocycles. The molecule has 3 rings (SSSR count). The summed E-state index contributed by atoms with van der Waals surface area (Å²) in [6.45, 7) is 6.02. The summed E-state index contributed by atoms with van der Waals surface area (Å²) in [5, 5.41) is 9.93. The van der Waals surface area contributed by atoms with Gasteiger partial charge in [0.15, 0.2) is 0 Å². The van der Waals surface area contributed by atoms with E-state index in [1.807, 2.05) is 19.9 Å². The zero-order valence-electron chi connectivity index (χ0n) is 15.3. The molecule has 1 aliphatic rings. The first-order valence-corrected chi connectivity index (χ1v) is 8.98. The molecule has 1 atom stereocenters. The number of hydrogen-bond donors (Lipinski definition) is 2. The molecule has 0 saturated carbocycles. The number of piperidine rings is 1. The van der Waals surface area contributed by atoms with Crippen molar-refractivity contribution in [3.05, 3.63) is 41.0 Å². The van der Waals surface area contributed by atoms with Gasteiger partial charge in [0.25, 0.3) is 0 Å². The normalized spacial score (nSPS) is 18.3. The summed E-state index contributed by atoms with van der Waals surface area (Å²) in [5.41, 5.74) is 4.63. The third-order valence-corrected chi connectivity index (χ3v) is 4.87. The minimum atomic E-state index is -0.00259. The van der Waals surface area contributed by atoms with Crippen LogP contribution in [0.1, 0.15) is 48.0 Å². The summed E-state index contributed by atoms with van der Waals surface area (Å²) in [7, 11) is 2.17. The number of likely N-dealkylation sites (N-methyl/N-ethyl adjacent to an activating group) is 1. The van der Waals surface area contributed by atoms with Crippen molar-refractivity contribution >= 4 is 11.6 Å². The molecule has 2 N–H and O–H groups in total. The van der Waals surface area contributed by atoms with Crippen LogP contribution in [0.3, 0.4) is 0 Å². The maximum atomic E-state index is 12.2. The highest BCUT2D eigenvalue weighted by Gasteiger charge is 2.20. The first-order valence-electron chi connectivity index (χ1n) is 8.98. The second kappa shape index (κ2) is 7.78. The standard InChI is InChI=1S/C19H27N5O/c1-13-19(14(2)23-22-13)21-18(25)10-9-16-7-4-8-17(20-16)15-6-5-11-24(3)12-15/h4,7-8,15H,5-6,9-12H2,1-3H3,(H,21,25)(H,22,23). The molecule has 1 amide bonds. The van der Waals surface area contributed by atoms with E-state index in [-0.39, 0.29) is 5.91 Å². The Morgan fingerprint density at radius 2 is 2.24 bits per heavy atom. The number of carbonyl (C=O) groups is 1. The number of H-pyrrole nitrogens is 1.